The first-order chi connectivity index (χ1) is 7.83. The van der Waals surface area contributed by atoms with E-state index in [0.29, 0.717) is 6.04 Å². The minimum absolute atomic E-state index is 0.396. The van der Waals surface area contributed by atoms with E-state index in [1.54, 1.807) is 11.3 Å². The lowest BCUT2D eigenvalue weighted by atomic mass is 10.1. The maximum absolute atomic E-state index is 3.57. The Kier molecular flexibility index (Phi) is 2.77. The predicted octanol–water partition coefficient (Wildman–Crippen LogP) is 3.93. The van der Waals surface area contributed by atoms with Gasteiger partial charge in [-0.2, -0.15) is 0 Å². The fraction of sp³-hybridized carbons (Fsp3) is 0.167. The summed E-state index contributed by atoms with van der Waals surface area (Å²) in [7, 11) is 0. The summed E-state index contributed by atoms with van der Waals surface area (Å²) in [5.74, 6) is 0. The Balaban J connectivity index is 1.89. The van der Waals surface area contributed by atoms with Crippen LogP contribution in [0.4, 0.5) is 11.4 Å². The second-order valence-electron chi connectivity index (χ2n) is 3.78. The zero-order valence-corrected chi connectivity index (χ0v) is 11.5. The van der Waals surface area contributed by atoms with Crippen LogP contribution in [0.25, 0.3) is 0 Å². The summed E-state index contributed by atoms with van der Waals surface area (Å²) in [6.45, 7) is 0.952. The normalized spacial score (nSPS) is 18.4. The summed E-state index contributed by atoms with van der Waals surface area (Å²) in [5, 5.41) is 9.18. The van der Waals surface area contributed by atoms with E-state index in [4.69, 9.17) is 0 Å². The third-order valence-corrected chi connectivity index (χ3v) is 4.35. The average molecular weight is 342 g/mol. The first-order valence-electron chi connectivity index (χ1n) is 5.16. The highest BCUT2D eigenvalue weighted by Crippen LogP contribution is 2.33. The highest BCUT2D eigenvalue weighted by Gasteiger charge is 2.19. The minimum atomic E-state index is 0.396. The zero-order valence-electron chi connectivity index (χ0n) is 8.53. The van der Waals surface area contributed by atoms with Gasteiger partial charge in [0.05, 0.1) is 17.4 Å². The average Bonchev–Trinajstić information content (AvgIpc) is 2.82. The maximum Gasteiger partial charge on any atom is 0.0779 e. The Morgan fingerprint density at radius 3 is 3.00 bits per heavy atom. The van der Waals surface area contributed by atoms with Crippen LogP contribution in [0.3, 0.4) is 0 Å². The summed E-state index contributed by atoms with van der Waals surface area (Å²) in [4.78, 5) is 1.39. The molecule has 0 spiro atoms. The highest BCUT2D eigenvalue weighted by atomic mass is 127. The van der Waals surface area contributed by atoms with Crippen molar-refractivity contribution in [3.63, 3.8) is 0 Å². The molecule has 82 valence electrons. The van der Waals surface area contributed by atoms with Crippen molar-refractivity contribution >= 4 is 45.3 Å². The molecule has 2 nitrogen and oxygen atoms in total. The van der Waals surface area contributed by atoms with Gasteiger partial charge < -0.3 is 10.6 Å². The Morgan fingerprint density at radius 1 is 1.25 bits per heavy atom. The van der Waals surface area contributed by atoms with Crippen LogP contribution in [-0.4, -0.2) is 6.54 Å². The molecule has 1 unspecified atom stereocenters. The summed E-state index contributed by atoms with van der Waals surface area (Å²) < 4.78 is 1.26. The van der Waals surface area contributed by atoms with Crippen molar-refractivity contribution in [1.82, 2.24) is 0 Å². The second kappa shape index (κ2) is 4.25. The molecule has 0 amide bonds. The molecule has 1 aliphatic heterocycles. The number of nitrogens with one attached hydrogen (secondary N) is 2. The molecule has 0 saturated carbocycles. The molecule has 3 rings (SSSR count). The molecule has 4 heteroatoms. The first kappa shape index (κ1) is 10.4. The van der Waals surface area contributed by atoms with E-state index in [-0.39, 0.29) is 0 Å². The van der Waals surface area contributed by atoms with Gasteiger partial charge in [-0.1, -0.05) is 6.07 Å². The van der Waals surface area contributed by atoms with E-state index in [9.17, 15) is 0 Å². The highest BCUT2D eigenvalue weighted by molar-refractivity contribution is 14.1. The zero-order chi connectivity index (χ0) is 11.0. The summed E-state index contributed by atoms with van der Waals surface area (Å²) >= 11 is 4.14. The molecule has 0 radical (unpaired) electrons. The topological polar surface area (TPSA) is 24.1 Å². The molecule has 0 aliphatic carbocycles. The van der Waals surface area contributed by atoms with Crippen molar-refractivity contribution in [3.05, 3.63) is 44.2 Å². The van der Waals surface area contributed by atoms with E-state index in [1.807, 2.05) is 0 Å². The third-order valence-electron chi connectivity index (χ3n) is 2.69. The van der Waals surface area contributed by atoms with E-state index < -0.39 is 0 Å². The van der Waals surface area contributed by atoms with E-state index >= 15 is 0 Å². The number of thiophene rings is 1. The third kappa shape index (κ3) is 1.91. The fourth-order valence-corrected chi connectivity index (χ4v) is 3.17. The van der Waals surface area contributed by atoms with Crippen molar-refractivity contribution in [3.8, 4) is 0 Å². The quantitative estimate of drug-likeness (QED) is 0.768. The monoisotopic (exact) mass is 342 g/mol. The van der Waals surface area contributed by atoms with Gasteiger partial charge in [0.15, 0.2) is 0 Å². The lowest BCUT2D eigenvalue weighted by Gasteiger charge is -2.27. The van der Waals surface area contributed by atoms with Gasteiger partial charge in [-0.05, 0) is 52.2 Å². The van der Waals surface area contributed by atoms with Crippen molar-refractivity contribution in [2.45, 2.75) is 6.04 Å². The number of halogens is 1. The van der Waals surface area contributed by atoms with Gasteiger partial charge >= 0.3 is 0 Å². The minimum Gasteiger partial charge on any atom is -0.381 e. The number of hydrogen-bond acceptors (Lipinski definition) is 3. The number of rotatable bonds is 1. The Hall–Kier alpha value is -0.750. The van der Waals surface area contributed by atoms with Gasteiger partial charge in [0, 0.05) is 15.0 Å². The molecule has 1 aliphatic rings. The van der Waals surface area contributed by atoms with Crippen LogP contribution in [0.1, 0.15) is 10.9 Å². The van der Waals surface area contributed by atoms with Crippen LogP contribution >= 0.6 is 33.9 Å². The predicted molar refractivity (Wildman–Crippen MR) is 78.3 cm³/mol. The van der Waals surface area contributed by atoms with Crippen LogP contribution in [0.5, 0.6) is 0 Å². The molecule has 1 aromatic carbocycles. The van der Waals surface area contributed by atoms with E-state index in [0.717, 1.165) is 6.54 Å². The number of fused-ring (bicyclic) bond motifs is 1. The van der Waals surface area contributed by atoms with Crippen molar-refractivity contribution < 1.29 is 0 Å². The lowest BCUT2D eigenvalue weighted by Crippen LogP contribution is -2.25. The van der Waals surface area contributed by atoms with Crippen LogP contribution in [0.15, 0.2) is 35.7 Å². The van der Waals surface area contributed by atoms with Gasteiger partial charge in [0.2, 0.25) is 0 Å². The van der Waals surface area contributed by atoms with Gasteiger partial charge in [0.1, 0.15) is 0 Å². The number of hydrogen-bond donors (Lipinski definition) is 2. The molecular weight excluding hydrogens is 331 g/mol. The van der Waals surface area contributed by atoms with Crippen LogP contribution in [0.2, 0.25) is 0 Å². The number of anilines is 2. The van der Waals surface area contributed by atoms with Crippen LogP contribution in [0, 0.1) is 3.57 Å². The second-order valence-corrected chi connectivity index (χ2v) is 6.01. The first-order valence-corrected chi connectivity index (χ1v) is 7.12. The van der Waals surface area contributed by atoms with Crippen LogP contribution in [-0.2, 0) is 0 Å². The Bertz CT molecular complexity index is 496. The molecule has 2 N–H and O–H groups in total. The molecule has 2 aromatic rings. The molecule has 2 heterocycles. The van der Waals surface area contributed by atoms with Gasteiger partial charge in [-0.25, -0.2) is 0 Å². The maximum atomic E-state index is 3.57. The molecule has 16 heavy (non-hydrogen) atoms. The number of benzene rings is 1. The lowest BCUT2D eigenvalue weighted by molar-refractivity contribution is 0.820. The summed E-state index contributed by atoms with van der Waals surface area (Å²) in [6, 6.07) is 11.1. The van der Waals surface area contributed by atoms with Gasteiger partial charge in [-0.15, -0.1) is 11.3 Å². The summed E-state index contributed by atoms with van der Waals surface area (Å²) in [6.07, 6.45) is 0. The summed E-state index contributed by atoms with van der Waals surface area (Å²) in [5.41, 5.74) is 2.41. The molecule has 1 atom stereocenters. The fourth-order valence-electron chi connectivity index (χ4n) is 1.90. The van der Waals surface area contributed by atoms with Crippen molar-refractivity contribution in [1.29, 1.82) is 0 Å². The Morgan fingerprint density at radius 2 is 2.19 bits per heavy atom. The van der Waals surface area contributed by atoms with E-state index in [2.05, 4.69) is 68.9 Å². The largest absolute Gasteiger partial charge is 0.381 e. The molecule has 0 fully saturated rings. The molecular formula is C12H11IN2S. The molecule has 1 aromatic heterocycles. The molecule has 0 saturated heterocycles. The van der Waals surface area contributed by atoms with E-state index in [1.165, 1.54) is 19.8 Å². The Labute approximate surface area is 112 Å². The SMILES string of the molecule is Ic1ccc2c(c1)NCC(c1cccs1)N2. The van der Waals surface area contributed by atoms with Gasteiger partial charge in [0.25, 0.3) is 0 Å². The van der Waals surface area contributed by atoms with Crippen molar-refractivity contribution in [2.75, 3.05) is 17.2 Å². The van der Waals surface area contributed by atoms with Crippen LogP contribution < -0.4 is 10.6 Å². The molecule has 0 bridgehead atoms. The smallest absolute Gasteiger partial charge is 0.0779 e. The standard InChI is InChI=1S/C12H11IN2S/c13-8-3-4-9-10(6-8)14-7-11(15-9)12-2-1-5-16-12/h1-6,11,14-15H,7H2. The van der Waals surface area contributed by atoms with Gasteiger partial charge in [-0.3, -0.25) is 0 Å². The van der Waals surface area contributed by atoms with Crippen molar-refractivity contribution in [2.24, 2.45) is 0 Å².